The number of hydrogen-bond acceptors (Lipinski definition) is 3. The molecule has 0 spiro atoms. The molecule has 0 aliphatic carbocycles. The van der Waals surface area contributed by atoms with E-state index in [1.165, 1.54) is 0 Å². The standard InChI is InChI=1S/C14H11ClO4/c15-12-10-5-7-18-13(10)8(2-1-3-11(16)17)9-4-6-19-14(9)12/h4-7H,1-3H2,(H,16,17). The summed E-state index contributed by atoms with van der Waals surface area (Å²) in [5, 5.41) is 10.9. The summed E-state index contributed by atoms with van der Waals surface area (Å²) in [4.78, 5) is 10.6. The first-order chi connectivity index (χ1) is 9.18. The highest BCUT2D eigenvalue weighted by atomic mass is 35.5. The molecule has 1 aromatic carbocycles. The average molecular weight is 279 g/mol. The molecule has 0 fully saturated rings. The molecule has 5 heteroatoms. The number of hydrogen-bond donors (Lipinski definition) is 1. The molecule has 0 saturated heterocycles. The zero-order valence-electron chi connectivity index (χ0n) is 9.98. The van der Waals surface area contributed by atoms with Gasteiger partial charge < -0.3 is 13.9 Å². The van der Waals surface area contributed by atoms with Crippen LogP contribution in [0.3, 0.4) is 0 Å². The van der Waals surface area contributed by atoms with Gasteiger partial charge in [0, 0.05) is 22.8 Å². The maximum atomic E-state index is 10.6. The molecular formula is C14H11ClO4. The van der Waals surface area contributed by atoms with Crippen LogP contribution >= 0.6 is 11.6 Å². The smallest absolute Gasteiger partial charge is 0.303 e. The Balaban J connectivity index is 2.13. The maximum absolute atomic E-state index is 10.6. The zero-order chi connectivity index (χ0) is 13.4. The molecule has 4 nitrogen and oxygen atoms in total. The number of rotatable bonds is 4. The summed E-state index contributed by atoms with van der Waals surface area (Å²) in [6, 6.07) is 3.62. The van der Waals surface area contributed by atoms with Gasteiger partial charge in [-0.05, 0) is 25.0 Å². The number of benzene rings is 1. The highest BCUT2D eigenvalue weighted by Gasteiger charge is 2.17. The summed E-state index contributed by atoms with van der Waals surface area (Å²) in [7, 11) is 0. The summed E-state index contributed by atoms with van der Waals surface area (Å²) in [6.07, 6.45) is 4.45. The molecule has 1 N–H and O–H groups in total. The number of aryl methyl sites for hydroxylation is 1. The van der Waals surface area contributed by atoms with Crippen LogP contribution in [0.4, 0.5) is 0 Å². The van der Waals surface area contributed by atoms with Crippen molar-refractivity contribution < 1.29 is 18.7 Å². The van der Waals surface area contributed by atoms with Crippen LogP contribution in [0.5, 0.6) is 0 Å². The number of carbonyl (C=O) groups is 1. The van der Waals surface area contributed by atoms with Crippen LogP contribution in [0, 0.1) is 0 Å². The van der Waals surface area contributed by atoms with Crippen molar-refractivity contribution >= 4 is 39.5 Å². The summed E-state index contributed by atoms with van der Waals surface area (Å²) in [5.41, 5.74) is 2.29. The van der Waals surface area contributed by atoms with Gasteiger partial charge in [0.15, 0.2) is 5.58 Å². The predicted octanol–water partition coefficient (Wildman–Crippen LogP) is 4.24. The fourth-order valence-electron chi connectivity index (χ4n) is 2.34. The van der Waals surface area contributed by atoms with E-state index in [-0.39, 0.29) is 6.42 Å². The van der Waals surface area contributed by atoms with Gasteiger partial charge in [0.1, 0.15) is 5.58 Å². The molecule has 2 aromatic heterocycles. The number of aliphatic carboxylic acids is 1. The van der Waals surface area contributed by atoms with Crippen molar-refractivity contribution in [3.8, 4) is 0 Å². The Hall–Kier alpha value is -1.94. The lowest BCUT2D eigenvalue weighted by Gasteiger charge is -2.05. The Morgan fingerprint density at radius 3 is 2.58 bits per heavy atom. The minimum Gasteiger partial charge on any atom is -0.481 e. The van der Waals surface area contributed by atoms with Crippen molar-refractivity contribution in [2.75, 3.05) is 0 Å². The van der Waals surface area contributed by atoms with E-state index in [0.717, 1.165) is 16.3 Å². The molecule has 0 unspecified atom stereocenters. The fourth-order valence-corrected chi connectivity index (χ4v) is 2.64. The molecule has 0 amide bonds. The van der Waals surface area contributed by atoms with Crippen molar-refractivity contribution in [1.29, 1.82) is 0 Å². The van der Waals surface area contributed by atoms with Crippen molar-refractivity contribution in [1.82, 2.24) is 0 Å². The van der Waals surface area contributed by atoms with Gasteiger partial charge in [0.25, 0.3) is 0 Å². The fraction of sp³-hybridized carbons (Fsp3) is 0.214. The van der Waals surface area contributed by atoms with E-state index in [9.17, 15) is 4.79 Å². The van der Waals surface area contributed by atoms with Gasteiger partial charge in [-0.2, -0.15) is 0 Å². The van der Waals surface area contributed by atoms with Crippen LogP contribution < -0.4 is 0 Å². The predicted molar refractivity (Wildman–Crippen MR) is 71.6 cm³/mol. The molecule has 0 saturated carbocycles. The molecule has 3 rings (SSSR count). The second kappa shape index (κ2) is 4.63. The summed E-state index contributed by atoms with van der Waals surface area (Å²) < 4.78 is 10.9. The van der Waals surface area contributed by atoms with Crippen LogP contribution in [-0.2, 0) is 11.2 Å². The Bertz CT molecular complexity index is 702. The minimum absolute atomic E-state index is 0.129. The summed E-state index contributed by atoms with van der Waals surface area (Å²) in [6.45, 7) is 0. The summed E-state index contributed by atoms with van der Waals surface area (Å²) >= 11 is 6.27. The van der Waals surface area contributed by atoms with E-state index in [0.29, 0.717) is 29.0 Å². The normalized spacial score (nSPS) is 11.4. The lowest BCUT2D eigenvalue weighted by atomic mass is 10.0. The molecule has 2 heterocycles. The van der Waals surface area contributed by atoms with E-state index in [1.54, 1.807) is 18.6 Å². The van der Waals surface area contributed by atoms with Gasteiger partial charge in [-0.1, -0.05) is 11.6 Å². The molecule has 19 heavy (non-hydrogen) atoms. The van der Waals surface area contributed by atoms with Gasteiger partial charge in [0.05, 0.1) is 17.5 Å². The monoisotopic (exact) mass is 278 g/mol. The second-order valence-corrected chi connectivity index (χ2v) is 4.74. The van der Waals surface area contributed by atoms with Gasteiger partial charge >= 0.3 is 5.97 Å². The third-order valence-corrected chi connectivity index (χ3v) is 3.56. The molecule has 0 aliphatic heterocycles. The quantitative estimate of drug-likeness (QED) is 0.775. The third kappa shape index (κ3) is 1.98. The van der Waals surface area contributed by atoms with Crippen molar-refractivity contribution in [3.63, 3.8) is 0 Å². The Kier molecular flexibility index (Phi) is 2.95. The van der Waals surface area contributed by atoms with Crippen LogP contribution in [0.15, 0.2) is 33.5 Å². The SMILES string of the molecule is O=C(O)CCCc1c2ccoc2c(Cl)c2ccoc12. The average Bonchev–Trinajstić information content (AvgIpc) is 3.01. The first-order valence-corrected chi connectivity index (χ1v) is 6.33. The number of fused-ring (bicyclic) bond motifs is 2. The van der Waals surface area contributed by atoms with Crippen molar-refractivity contribution in [3.05, 3.63) is 35.2 Å². The zero-order valence-corrected chi connectivity index (χ0v) is 10.7. The van der Waals surface area contributed by atoms with E-state index >= 15 is 0 Å². The van der Waals surface area contributed by atoms with Crippen LogP contribution in [0.25, 0.3) is 21.9 Å². The van der Waals surface area contributed by atoms with Gasteiger partial charge in [-0.3, -0.25) is 4.79 Å². The van der Waals surface area contributed by atoms with Gasteiger partial charge in [0.2, 0.25) is 0 Å². The van der Waals surface area contributed by atoms with E-state index in [4.69, 9.17) is 25.5 Å². The van der Waals surface area contributed by atoms with E-state index in [1.807, 2.05) is 6.07 Å². The van der Waals surface area contributed by atoms with Gasteiger partial charge in [-0.25, -0.2) is 0 Å². The van der Waals surface area contributed by atoms with Crippen LogP contribution in [0.1, 0.15) is 18.4 Å². The second-order valence-electron chi connectivity index (χ2n) is 4.37. The number of carboxylic acid groups (broad SMARTS) is 1. The topological polar surface area (TPSA) is 63.6 Å². The lowest BCUT2D eigenvalue weighted by Crippen LogP contribution is -1.96. The molecule has 0 atom stereocenters. The first-order valence-electron chi connectivity index (χ1n) is 5.95. The lowest BCUT2D eigenvalue weighted by molar-refractivity contribution is -0.137. The highest BCUT2D eigenvalue weighted by molar-refractivity contribution is 6.40. The number of halogens is 1. The van der Waals surface area contributed by atoms with Crippen molar-refractivity contribution in [2.45, 2.75) is 19.3 Å². The Morgan fingerprint density at radius 1 is 1.16 bits per heavy atom. The number of carboxylic acids is 1. The van der Waals surface area contributed by atoms with E-state index < -0.39 is 5.97 Å². The van der Waals surface area contributed by atoms with Crippen LogP contribution in [0.2, 0.25) is 5.02 Å². The Morgan fingerprint density at radius 2 is 1.84 bits per heavy atom. The molecule has 3 aromatic rings. The van der Waals surface area contributed by atoms with Gasteiger partial charge in [-0.15, -0.1) is 0 Å². The molecule has 0 aliphatic rings. The third-order valence-electron chi connectivity index (χ3n) is 3.18. The van der Waals surface area contributed by atoms with Crippen LogP contribution in [-0.4, -0.2) is 11.1 Å². The molecule has 0 bridgehead atoms. The van der Waals surface area contributed by atoms with E-state index in [2.05, 4.69) is 0 Å². The molecular weight excluding hydrogens is 268 g/mol. The van der Waals surface area contributed by atoms with Crippen molar-refractivity contribution in [2.24, 2.45) is 0 Å². The first kappa shape index (κ1) is 12.1. The Labute approximate surface area is 113 Å². The maximum Gasteiger partial charge on any atom is 0.303 e. The molecule has 0 radical (unpaired) electrons. The largest absolute Gasteiger partial charge is 0.481 e. The minimum atomic E-state index is -0.798. The number of furan rings is 2. The highest BCUT2D eigenvalue weighted by Crippen LogP contribution is 2.37. The molecule has 98 valence electrons. The summed E-state index contributed by atoms with van der Waals surface area (Å²) in [5.74, 6) is -0.798.